The number of amides is 1. The SMILES string of the molecule is Cc1sc(-c2ccco2)nc1C(=O)NC1CCCCC1O. The maximum absolute atomic E-state index is 12.4. The largest absolute Gasteiger partial charge is 0.462 e. The fraction of sp³-hybridized carbons (Fsp3) is 0.467. The van der Waals surface area contributed by atoms with E-state index >= 15 is 0 Å². The van der Waals surface area contributed by atoms with Crippen molar-refractivity contribution in [2.24, 2.45) is 0 Å². The molecule has 6 heteroatoms. The van der Waals surface area contributed by atoms with Gasteiger partial charge in [0.15, 0.2) is 10.8 Å². The molecular weight excluding hydrogens is 288 g/mol. The third kappa shape index (κ3) is 3.01. The molecule has 21 heavy (non-hydrogen) atoms. The van der Waals surface area contributed by atoms with Gasteiger partial charge in [-0.05, 0) is 31.9 Å². The van der Waals surface area contributed by atoms with Gasteiger partial charge in [0.05, 0.1) is 18.4 Å². The Morgan fingerprint density at radius 1 is 1.48 bits per heavy atom. The number of hydrogen-bond acceptors (Lipinski definition) is 5. The highest BCUT2D eigenvalue weighted by Crippen LogP contribution is 2.28. The van der Waals surface area contributed by atoms with Crippen LogP contribution in [0.15, 0.2) is 22.8 Å². The molecule has 2 aromatic rings. The molecule has 0 radical (unpaired) electrons. The second-order valence-corrected chi connectivity index (χ2v) is 6.54. The van der Waals surface area contributed by atoms with E-state index in [0.717, 1.165) is 30.6 Å². The van der Waals surface area contributed by atoms with Gasteiger partial charge >= 0.3 is 0 Å². The molecule has 2 N–H and O–H groups in total. The van der Waals surface area contributed by atoms with Crippen molar-refractivity contribution in [3.63, 3.8) is 0 Å². The summed E-state index contributed by atoms with van der Waals surface area (Å²) in [6.45, 7) is 1.87. The molecule has 2 heterocycles. The number of hydrogen-bond donors (Lipinski definition) is 2. The molecule has 112 valence electrons. The van der Waals surface area contributed by atoms with Crippen molar-refractivity contribution < 1.29 is 14.3 Å². The molecule has 5 nitrogen and oxygen atoms in total. The standard InChI is InChI=1S/C15H18N2O3S/c1-9-13(17-15(21-9)12-7-4-8-20-12)14(19)16-10-5-2-3-6-11(10)18/h4,7-8,10-11,18H,2-3,5-6H2,1H3,(H,16,19). The van der Waals surface area contributed by atoms with Crippen LogP contribution in [0.4, 0.5) is 0 Å². The normalized spacial score (nSPS) is 22.2. The van der Waals surface area contributed by atoms with E-state index in [9.17, 15) is 9.90 Å². The Kier molecular flexibility index (Phi) is 4.07. The first-order valence-electron chi connectivity index (χ1n) is 7.15. The molecule has 0 aliphatic heterocycles. The van der Waals surface area contributed by atoms with Gasteiger partial charge in [-0.3, -0.25) is 4.79 Å². The number of nitrogens with zero attached hydrogens (tertiary/aromatic N) is 1. The number of rotatable bonds is 3. The van der Waals surface area contributed by atoms with Crippen LogP contribution in [0.25, 0.3) is 10.8 Å². The fourth-order valence-electron chi connectivity index (χ4n) is 2.63. The van der Waals surface area contributed by atoms with Gasteiger partial charge in [-0.1, -0.05) is 12.8 Å². The molecule has 0 spiro atoms. The highest BCUT2D eigenvalue weighted by atomic mass is 32.1. The summed E-state index contributed by atoms with van der Waals surface area (Å²) in [5.74, 6) is 0.451. The predicted octanol–water partition coefficient (Wildman–Crippen LogP) is 2.74. The zero-order chi connectivity index (χ0) is 14.8. The number of aromatic nitrogens is 1. The van der Waals surface area contributed by atoms with Gasteiger partial charge in [-0.25, -0.2) is 4.98 Å². The highest BCUT2D eigenvalue weighted by molar-refractivity contribution is 7.15. The molecule has 2 aromatic heterocycles. The number of carbonyl (C=O) groups is 1. The molecule has 0 saturated heterocycles. The van der Waals surface area contributed by atoms with Crippen LogP contribution in [-0.4, -0.2) is 28.1 Å². The van der Waals surface area contributed by atoms with E-state index in [0.29, 0.717) is 16.5 Å². The Morgan fingerprint density at radius 3 is 3.00 bits per heavy atom. The van der Waals surface area contributed by atoms with Crippen molar-refractivity contribution in [2.75, 3.05) is 0 Å². The van der Waals surface area contributed by atoms with Gasteiger partial charge in [0.25, 0.3) is 5.91 Å². The summed E-state index contributed by atoms with van der Waals surface area (Å²) < 4.78 is 5.31. The Morgan fingerprint density at radius 2 is 2.29 bits per heavy atom. The van der Waals surface area contributed by atoms with Gasteiger partial charge in [0.1, 0.15) is 5.69 Å². The monoisotopic (exact) mass is 306 g/mol. The van der Waals surface area contributed by atoms with Crippen LogP contribution < -0.4 is 5.32 Å². The summed E-state index contributed by atoms with van der Waals surface area (Å²) in [6.07, 6.45) is 4.76. The minimum atomic E-state index is -0.453. The molecule has 1 fully saturated rings. The van der Waals surface area contributed by atoms with Crippen LogP contribution in [0.3, 0.4) is 0 Å². The Labute approximate surface area is 127 Å². The third-order valence-corrected chi connectivity index (χ3v) is 4.77. The first kappa shape index (κ1) is 14.3. The van der Waals surface area contributed by atoms with Crippen LogP contribution in [0, 0.1) is 6.92 Å². The number of aliphatic hydroxyl groups excluding tert-OH is 1. The lowest BCUT2D eigenvalue weighted by molar-refractivity contribution is 0.0714. The van der Waals surface area contributed by atoms with Crippen molar-refractivity contribution in [1.82, 2.24) is 10.3 Å². The third-order valence-electron chi connectivity index (χ3n) is 3.79. The molecule has 1 aliphatic carbocycles. The Balaban J connectivity index is 1.75. The van der Waals surface area contributed by atoms with Crippen molar-refractivity contribution >= 4 is 17.2 Å². The minimum Gasteiger partial charge on any atom is -0.462 e. The average Bonchev–Trinajstić information content (AvgIpc) is 3.10. The molecular formula is C15H18N2O3S. The van der Waals surface area contributed by atoms with E-state index in [1.165, 1.54) is 11.3 Å². The van der Waals surface area contributed by atoms with E-state index in [4.69, 9.17) is 4.42 Å². The molecule has 2 unspecified atom stereocenters. The van der Waals surface area contributed by atoms with Gasteiger partial charge < -0.3 is 14.8 Å². The van der Waals surface area contributed by atoms with Gasteiger partial charge in [-0.2, -0.15) is 0 Å². The molecule has 0 bridgehead atoms. The summed E-state index contributed by atoms with van der Waals surface area (Å²) in [5, 5.41) is 13.6. The lowest BCUT2D eigenvalue weighted by Gasteiger charge is -2.28. The van der Waals surface area contributed by atoms with Gasteiger partial charge in [0, 0.05) is 4.88 Å². The minimum absolute atomic E-state index is 0.167. The zero-order valence-electron chi connectivity index (χ0n) is 11.8. The maximum atomic E-state index is 12.4. The Hall–Kier alpha value is -1.66. The number of carbonyl (C=O) groups excluding carboxylic acids is 1. The number of aliphatic hydroxyl groups is 1. The average molecular weight is 306 g/mol. The van der Waals surface area contributed by atoms with Crippen LogP contribution in [-0.2, 0) is 0 Å². The van der Waals surface area contributed by atoms with E-state index in [-0.39, 0.29) is 11.9 Å². The van der Waals surface area contributed by atoms with Crippen LogP contribution in [0.5, 0.6) is 0 Å². The summed E-state index contributed by atoms with van der Waals surface area (Å²) >= 11 is 1.44. The predicted molar refractivity (Wildman–Crippen MR) is 80.3 cm³/mol. The number of furan rings is 1. The second kappa shape index (κ2) is 5.99. The molecule has 2 atom stereocenters. The van der Waals surface area contributed by atoms with E-state index in [2.05, 4.69) is 10.3 Å². The number of thiazole rings is 1. The second-order valence-electron chi connectivity index (χ2n) is 5.33. The van der Waals surface area contributed by atoms with Crippen molar-refractivity contribution in [3.05, 3.63) is 29.0 Å². The molecule has 1 amide bonds. The van der Waals surface area contributed by atoms with Crippen molar-refractivity contribution in [3.8, 4) is 10.8 Å². The molecule has 1 aliphatic rings. The first-order chi connectivity index (χ1) is 10.1. The summed E-state index contributed by atoms with van der Waals surface area (Å²) in [7, 11) is 0. The van der Waals surface area contributed by atoms with Crippen molar-refractivity contribution in [1.29, 1.82) is 0 Å². The summed E-state index contributed by atoms with van der Waals surface area (Å²) in [5.41, 5.74) is 0.421. The lowest BCUT2D eigenvalue weighted by atomic mass is 9.92. The highest BCUT2D eigenvalue weighted by Gasteiger charge is 2.26. The quantitative estimate of drug-likeness (QED) is 0.914. The first-order valence-corrected chi connectivity index (χ1v) is 7.97. The van der Waals surface area contributed by atoms with E-state index in [1.54, 1.807) is 12.3 Å². The van der Waals surface area contributed by atoms with Crippen LogP contribution >= 0.6 is 11.3 Å². The Bertz CT molecular complexity index is 621. The molecule has 0 aromatic carbocycles. The fourth-order valence-corrected chi connectivity index (χ4v) is 3.51. The lowest BCUT2D eigenvalue weighted by Crippen LogP contribution is -2.45. The topological polar surface area (TPSA) is 75.4 Å². The smallest absolute Gasteiger partial charge is 0.271 e. The van der Waals surface area contributed by atoms with Crippen molar-refractivity contribution in [2.45, 2.75) is 44.8 Å². The molecule has 3 rings (SSSR count). The van der Waals surface area contributed by atoms with Gasteiger partial charge in [-0.15, -0.1) is 11.3 Å². The van der Waals surface area contributed by atoms with Gasteiger partial charge in [0.2, 0.25) is 0 Å². The summed E-state index contributed by atoms with van der Waals surface area (Å²) in [4.78, 5) is 17.6. The number of aryl methyl sites for hydroxylation is 1. The van der Waals surface area contributed by atoms with E-state index in [1.807, 2.05) is 13.0 Å². The maximum Gasteiger partial charge on any atom is 0.271 e. The zero-order valence-corrected chi connectivity index (χ0v) is 12.7. The molecule has 1 saturated carbocycles. The number of nitrogens with one attached hydrogen (secondary N) is 1. The van der Waals surface area contributed by atoms with Crippen LogP contribution in [0.2, 0.25) is 0 Å². The summed E-state index contributed by atoms with van der Waals surface area (Å²) in [6, 6.07) is 3.45. The van der Waals surface area contributed by atoms with Crippen LogP contribution in [0.1, 0.15) is 41.0 Å². The van der Waals surface area contributed by atoms with E-state index < -0.39 is 6.10 Å².